The number of thioether (sulfide) groups is 1. The Morgan fingerprint density at radius 3 is 2.64 bits per heavy atom. The fourth-order valence-electron chi connectivity index (χ4n) is 4.08. The van der Waals surface area contributed by atoms with Gasteiger partial charge in [-0.2, -0.15) is 0 Å². The van der Waals surface area contributed by atoms with Crippen LogP contribution in [0.1, 0.15) is 33.3 Å². The average molecular weight is 463 g/mol. The molecule has 1 aliphatic rings. The van der Waals surface area contributed by atoms with Crippen molar-refractivity contribution in [2.24, 2.45) is 0 Å². The Balaban J connectivity index is 1.20. The Hall–Kier alpha value is -3.10. The molecule has 1 saturated heterocycles. The van der Waals surface area contributed by atoms with E-state index in [0.29, 0.717) is 25.4 Å². The second kappa shape index (κ2) is 9.41. The quantitative estimate of drug-likeness (QED) is 0.385. The van der Waals surface area contributed by atoms with Gasteiger partial charge in [0.05, 0.1) is 17.8 Å². The van der Waals surface area contributed by atoms with Gasteiger partial charge in [-0.3, -0.25) is 9.69 Å². The van der Waals surface area contributed by atoms with Gasteiger partial charge in [0.1, 0.15) is 11.3 Å². The molecule has 0 spiro atoms. The van der Waals surface area contributed by atoms with Crippen molar-refractivity contribution >= 4 is 28.8 Å². The maximum Gasteiger partial charge on any atom is 0.255 e. The molecule has 33 heavy (non-hydrogen) atoms. The highest BCUT2D eigenvalue weighted by atomic mass is 32.2. The number of piperazine rings is 1. The second-order valence-corrected chi connectivity index (χ2v) is 9.33. The summed E-state index contributed by atoms with van der Waals surface area (Å²) in [5, 5.41) is 4.05. The number of carbonyl (C=O) groups is 1. The normalized spacial score (nSPS) is 14.8. The molecule has 0 aliphatic carbocycles. The third-order valence-corrected chi connectivity index (χ3v) is 6.95. The van der Waals surface area contributed by atoms with Gasteiger partial charge in [-0.1, -0.05) is 29.4 Å². The van der Waals surface area contributed by atoms with Crippen LogP contribution in [0.4, 0.5) is 0 Å². The Labute approximate surface area is 196 Å². The second-order valence-electron chi connectivity index (χ2n) is 8.31. The van der Waals surface area contributed by atoms with Crippen molar-refractivity contribution in [1.82, 2.24) is 19.9 Å². The van der Waals surface area contributed by atoms with Crippen LogP contribution in [0.15, 0.2) is 62.4 Å². The minimum absolute atomic E-state index is 0.0755. The van der Waals surface area contributed by atoms with Crippen molar-refractivity contribution in [2.45, 2.75) is 31.0 Å². The predicted molar refractivity (Wildman–Crippen MR) is 127 cm³/mol. The average Bonchev–Trinajstić information content (AvgIpc) is 3.44. The summed E-state index contributed by atoms with van der Waals surface area (Å²) in [5.41, 5.74) is 4.47. The van der Waals surface area contributed by atoms with Crippen LogP contribution in [0.5, 0.6) is 0 Å². The van der Waals surface area contributed by atoms with Gasteiger partial charge in [-0.05, 0) is 37.6 Å². The van der Waals surface area contributed by atoms with Crippen molar-refractivity contribution in [2.75, 3.05) is 26.2 Å². The highest BCUT2D eigenvalue weighted by Crippen LogP contribution is 2.28. The molecule has 8 heteroatoms. The van der Waals surface area contributed by atoms with Crippen LogP contribution in [-0.2, 0) is 12.3 Å². The number of amides is 1. The molecule has 0 unspecified atom stereocenters. The number of hydrogen-bond acceptors (Lipinski definition) is 7. The first-order valence-electron chi connectivity index (χ1n) is 11.1. The fourth-order valence-corrected chi connectivity index (χ4v) is 5.00. The number of fused-ring (bicyclic) bond motifs is 1. The van der Waals surface area contributed by atoms with Gasteiger partial charge in [0.15, 0.2) is 5.58 Å². The van der Waals surface area contributed by atoms with Crippen molar-refractivity contribution < 1.29 is 13.7 Å². The van der Waals surface area contributed by atoms with Gasteiger partial charge >= 0.3 is 0 Å². The molecular formula is C25H26N4O3S. The first kappa shape index (κ1) is 21.7. The van der Waals surface area contributed by atoms with Gasteiger partial charge < -0.3 is 13.8 Å². The monoisotopic (exact) mass is 462 g/mol. The number of nitrogens with zero attached hydrogens (tertiary/aromatic N) is 4. The Kier molecular flexibility index (Phi) is 6.20. The lowest BCUT2D eigenvalue weighted by Crippen LogP contribution is -2.48. The van der Waals surface area contributed by atoms with Gasteiger partial charge in [-0.25, -0.2) is 4.98 Å². The van der Waals surface area contributed by atoms with Gasteiger partial charge in [0.2, 0.25) is 5.89 Å². The number of carbonyl (C=O) groups excluding carboxylic acids is 1. The third-order valence-electron chi connectivity index (χ3n) is 5.84. The van der Waals surface area contributed by atoms with E-state index in [0.717, 1.165) is 57.6 Å². The minimum atomic E-state index is 0.0755. The smallest absolute Gasteiger partial charge is 0.255 e. The Bertz CT molecular complexity index is 1270. The minimum Gasteiger partial charge on any atom is -0.439 e. The summed E-state index contributed by atoms with van der Waals surface area (Å²) in [6, 6.07) is 15.7. The lowest BCUT2D eigenvalue weighted by atomic mass is 10.2. The summed E-state index contributed by atoms with van der Waals surface area (Å²) in [6.07, 6.45) is 0. The van der Waals surface area contributed by atoms with Crippen LogP contribution in [-0.4, -0.2) is 52.0 Å². The SMILES string of the molecule is Cc1cc(CSc2ccccc2C(=O)N2CCN(Cc3nc4cccc(C)c4o3)CC2)no1. The largest absolute Gasteiger partial charge is 0.439 e. The molecule has 0 bridgehead atoms. The van der Waals surface area contributed by atoms with Gasteiger partial charge in [0.25, 0.3) is 5.91 Å². The van der Waals surface area contributed by atoms with Crippen LogP contribution in [0.3, 0.4) is 0 Å². The number of para-hydroxylation sites is 1. The molecule has 7 nitrogen and oxygen atoms in total. The maximum absolute atomic E-state index is 13.3. The number of aromatic nitrogens is 2. The number of hydrogen-bond donors (Lipinski definition) is 0. The molecule has 1 aliphatic heterocycles. The van der Waals surface area contributed by atoms with E-state index in [1.165, 1.54) is 0 Å². The van der Waals surface area contributed by atoms with E-state index in [2.05, 4.69) is 15.0 Å². The van der Waals surface area contributed by atoms with E-state index < -0.39 is 0 Å². The summed E-state index contributed by atoms with van der Waals surface area (Å²) in [6.45, 7) is 7.50. The summed E-state index contributed by atoms with van der Waals surface area (Å²) < 4.78 is 11.1. The van der Waals surface area contributed by atoms with E-state index in [4.69, 9.17) is 8.94 Å². The van der Waals surface area contributed by atoms with E-state index in [1.54, 1.807) is 11.8 Å². The molecule has 3 heterocycles. The number of oxazole rings is 1. The molecule has 0 atom stereocenters. The summed E-state index contributed by atoms with van der Waals surface area (Å²) >= 11 is 1.61. The Morgan fingerprint density at radius 2 is 1.88 bits per heavy atom. The highest BCUT2D eigenvalue weighted by molar-refractivity contribution is 7.98. The number of rotatable bonds is 6. The fraction of sp³-hybridized carbons (Fsp3) is 0.320. The molecule has 1 amide bonds. The van der Waals surface area contributed by atoms with Crippen molar-refractivity contribution in [1.29, 1.82) is 0 Å². The van der Waals surface area contributed by atoms with Gasteiger partial charge in [0, 0.05) is 42.9 Å². The van der Waals surface area contributed by atoms with Gasteiger partial charge in [-0.15, -0.1) is 11.8 Å². The zero-order chi connectivity index (χ0) is 22.8. The number of benzene rings is 2. The lowest BCUT2D eigenvalue weighted by molar-refractivity contribution is 0.0615. The molecule has 170 valence electrons. The van der Waals surface area contributed by atoms with Crippen LogP contribution < -0.4 is 0 Å². The molecule has 4 aromatic rings. The maximum atomic E-state index is 13.3. The molecule has 2 aromatic carbocycles. The Morgan fingerprint density at radius 1 is 1.06 bits per heavy atom. The molecule has 0 radical (unpaired) electrons. The molecule has 1 fully saturated rings. The van der Waals surface area contributed by atoms with Crippen LogP contribution >= 0.6 is 11.8 Å². The van der Waals surface area contributed by atoms with Crippen LogP contribution in [0, 0.1) is 13.8 Å². The lowest BCUT2D eigenvalue weighted by Gasteiger charge is -2.34. The van der Waals surface area contributed by atoms with Crippen molar-refractivity contribution in [3.8, 4) is 0 Å². The van der Waals surface area contributed by atoms with Crippen molar-refractivity contribution in [3.05, 3.63) is 77.0 Å². The predicted octanol–water partition coefficient (Wildman–Crippen LogP) is 4.68. The molecule has 0 N–H and O–H groups in total. The van der Waals surface area contributed by atoms with Crippen molar-refractivity contribution in [3.63, 3.8) is 0 Å². The highest BCUT2D eigenvalue weighted by Gasteiger charge is 2.25. The van der Waals surface area contributed by atoms with E-state index in [-0.39, 0.29) is 5.91 Å². The number of aryl methyl sites for hydroxylation is 2. The molecule has 5 rings (SSSR count). The zero-order valence-corrected chi connectivity index (χ0v) is 19.6. The molecule has 0 saturated carbocycles. The third kappa shape index (κ3) is 4.82. The standard InChI is InChI=1S/C25H26N4O3S/c1-17-6-5-8-21-24(17)31-23(26-21)15-28-10-12-29(13-11-28)25(30)20-7-3-4-9-22(20)33-16-19-14-18(2)32-27-19/h3-9,14H,10-13,15-16H2,1-2H3. The summed E-state index contributed by atoms with van der Waals surface area (Å²) in [7, 11) is 0. The summed E-state index contributed by atoms with van der Waals surface area (Å²) in [5.74, 6) is 2.26. The van der Waals surface area contributed by atoms with E-state index >= 15 is 0 Å². The summed E-state index contributed by atoms with van der Waals surface area (Å²) in [4.78, 5) is 23.1. The van der Waals surface area contributed by atoms with E-state index in [1.807, 2.05) is 67.3 Å². The first-order chi connectivity index (χ1) is 16.1. The first-order valence-corrected chi connectivity index (χ1v) is 12.1. The van der Waals surface area contributed by atoms with E-state index in [9.17, 15) is 4.79 Å². The van der Waals surface area contributed by atoms with Crippen LogP contribution in [0.2, 0.25) is 0 Å². The molecule has 2 aromatic heterocycles. The topological polar surface area (TPSA) is 75.6 Å². The molecular weight excluding hydrogens is 436 g/mol. The zero-order valence-electron chi connectivity index (χ0n) is 18.8. The van der Waals surface area contributed by atoms with Crippen LogP contribution in [0.25, 0.3) is 11.1 Å².